The minimum absolute atomic E-state index is 0.135. The third-order valence-electron chi connectivity index (χ3n) is 6.57. The standard InChI is InChI=1S/C24H26N6OS/c1-16(31)29-8-10-30(11-9-29)18-6-7-22(26-14-18)28-23-12-19-21(15-27-23)32-20(13-25)24(19)17-4-2-3-5-17/h6-7,12,14-15,17H,2-5,8-11H2,1H3,(H,26,27,28). The highest BCUT2D eigenvalue weighted by molar-refractivity contribution is 7.19. The summed E-state index contributed by atoms with van der Waals surface area (Å²) in [5, 5.41) is 14.1. The van der Waals surface area contributed by atoms with Gasteiger partial charge in [-0.25, -0.2) is 9.97 Å². The van der Waals surface area contributed by atoms with E-state index in [0.29, 0.717) is 5.92 Å². The molecule has 164 valence electrons. The Morgan fingerprint density at radius 3 is 2.53 bits per heavy atom. The highest BCUT2D eigenvalue weighted by Crippen LogP contribution is 2.43. The number of carbonyl (C=O) groups is 1. The molecule has 5 rings (SSSR count). The molecular weight excluding hydrogens is 420 g/mol. The van der Waals surface area contributed by atoms with Crippen LogP contribution in [0.4, 0.5) is 17.3 Å². The van der Waals surface area contributed by atoms with Gasteiger partial charge in [0.25, 0.3) is 0 Å². The van der Waals surface area contributed by atoms with Crippen molar-refractivity contribution in [2.24, 2.45) is 0 Å². The summed E-state index contributed by atoms with van der Waals surface area (Å²) >= 11 is 1.55. The third-order valence-corrected chi connectivity index (χ3v) is 7.63. The van der Waals surface area contributed by atoms with E-state index in [4.69, 9.17) is 0 Å². The number of nitriles is 1. The van der Waals surface area contributed by atoms with Crippen LogP contribution in [0.1, 0.15) is 49.0 Å². The second kappa shape index (κ2) is 8.75. The van der Waals surface area contributed by atoms with Gasteiger partial charge in [0.2, 0.25) is 5.91 Å². The smallest absolute Gasteiger partial charge is 0.219 e. The molecule has 0 unspecified atom stereocenters. The Labute approximate surface area is 191 Å². The van der Waals surface area contributed by atoms with E-state index in [1.54, 1.807) is 18.3 Å². The lowest BCUT2D eigenvalue weighted by molar-refractivity contribution is -0.129. The van der Waals surface area contributed by atoms with Crippen molar-refractivity contribution in [3.63, 3.8) is 0 Å². The molecule has 2 fully saturated rings. The SMILES string of the molecule is CC(=O)N1CCN(c2ccc(Nc3cc4c(C5CCCC5)c(C#N)sc4cn3)nc2)CC1. The van der Waals surface area contributed by atoms with Crippen LogP contribution in [0.3, 0.4) is 0 Å². The Kier molecular flexibility index (Phi) is 5.66. The summed E-state index contributed by atoms with van der Waals surface area (Å²) in [7, 11) is 0. The van der Waals surface area contributed by atoms with Gasteiger partial charge < -0.3 is 15.1 Å². The zero-order chi connectivity index (χ0) is 22.1. The molecule has 0 bridgehead atoms. The number of piperazine rings is 1. The van der Waals surface area contributed by atoms with Gasteiger partial charge in [0.15, 0.2) is 0 Å². The Hall–Kier alpha value is -3.18. The van der Waals surface area contributed by atoms with Crippen molar-refractivity contribution >= 4 is 44.7 Å². The minimum Gasteiger partial charge on any atom is -0.367 e. The predicted octanol–water partition coefficient (Wildman–Crippen LogP) is 4.63. The summed E-state index contributed by atoms with van der Waals surface area (Å²) in [5.41, 5.74) is 2.27. The number of pyridine rings is 2. The Balaban J connectivity index is 1.33. The monoisotopic (exact) mass is 446 g/mol. The van der Waals surface area contributed by atoms with Gasteiger partial charge in [-0.15, -0.1) is 11.3 Å². The van der Waals surface area contributed by atoms with Gasteiger partial charge in [-0.05, 0) is 42.5 Å². The molecule has 0 atom stereocenters. The van der Waals surface area contributed by atoms with Crippen LogP contribution in [-0.2, 0) is 4.79 Å². The van der Waals surface area contributed by atoms with Gasteiger partial charge in [0.05, 0.1) is 16.6 Å². The van der Waals surface area contributed by atoms with Gasteiger partial charge in [-0.2, -0.15) is 5.26 Å². The summed E-state index contributed by atoms with van der Waals surface area (Å²) in [6, 6.07) is 8.49. The van der Waals surface area contributed by atoms with Crippen LogP contribution >= 0.6 is 11.3 Å². The molecule has 0 aromatic carbocycles. The van der Waals surface area contributed by atoms with Crippen molar-refractivity contribution < 1.29 is 4.79 Å². The highest BCUT2D eigenvalue weighted by Gasteiger charge is 2.25. The van der Waals surface area contributed by atoms with Crippen molar-refractivity contribution in [3.05, 3.63) is 41.0 Å². The van der Waals surface area contributed by atoms with Crippen LogP contribution in [0.2, 0.25) is 0 Å². The molecule has 2 aliphatic rings. The number of hydrogen-bond acceptors (Lipinski definition) is 7. The maximum Gasteiger partial charge on any atom is 0.219 e. The molecule has 7 nitrogen and oxygen atoms in total. The molecule has 3 aromatic heterocycles. The van der Waals surface area contributed by atoms with Crippen molar-refractivity contribution in [1.29, 1.82) is 5.26 Å². The summed E-state index contributed by atoms with van der Waals surface area (Å²) in [5.74, 6) is 2.10. The number of aromatic nitrogens is 2. The minimum atomic E-state index is 0.135. The molecule has 1 saturated heterocycles. The third kappa shape index (κ3) is 4.00. The van der Waals surface area contributed by atoms with Gasteiger partial charge in [0, 0.05) is 44.7 Å². The zero-order valence-corrected chi connectivity index (χ0v) is 19.0. The number of rotatable bonds is 4. The molecule has 4 heterocycles. The molecule has 0 radical (unpaired) electrons. The van der Waals surface area contributed by atoms with Crippen LogP contribution in [0, 0.1) is 11.3 Å². The second-order valence-electron chi connectivity index (χ2n) is 8.52. The van der Waals surface area contributed by atoms with E-state index in [1.165, 1.54) is 18.4 Å². The molecule has 1 aliphatic heterocycles. The Bertz CT molecular complexity index is 1170. The quantitative estimate of drug-likeness (QED) is 0.629. The van der Waals surface area contributed by atoms with Gasteiger partial charge in [0.1, 0.15) is 22.6 Å². The number of nitrogens with one attached hydrogen (secondary N) is 1. The number of fused-ring (bicyclic) bond motifs is 1. The number of amides is 1. The maximum absolute atomic E-state index is 11.5. The first-order valence-electron chi connectivity index (χ1n) is 11.2. The van der Waals surface area contributed by atoms with Crippen LogP contribution in [0.25, 0.3) is 10.1 Å². The number of thiophene rings is 1. The topological polar surface area (TPSA) is 85.2 Å². The van der Waals surface area contributed by atoms with Gasteiger partial charge in [-0.3, -0.25) is 4.79 Å². The van der Waals surface area contributed by atoms with Crippen molar-refractivity contribution in [3.8, 4) is 6.07 Å². The van der Waals surface area contributed by atoms with E-state index in [1.807, 2.05) is 23.4 Å². The Morgan fingerprint density at radius 2 is 1.88 bits per heavy atom. The Morgan fingerprint density at radius 1 is 1.12 bits per heavy atom. The fourth-order valence-corrected chi connectivity index (χ4v) is 5.89. The summed E-state index contributed by atoms with van der Waals surface area (Å²) < 4.78 is 1.07. The van der Waals surface area contributed by atoms with Crippen LogP contribution in [-0.4, -0.2) is 47.0 Å². The average molecular weight is 447 g/mol. The van der Waals surface area contributed by atoms with Crippen LogP contribution in [0.5, 0.6) is 0 Å². The van der Waals surface area contributed by atoms with Crippen LogP contribution in [0.15, 0.2) is 30.6 Å². The van der Waals surface area contributed by atoms with E-state index in [2.05, 4.69) is 38.4 Å². The first kappa shape index (κ1) is 20.7. The zero-order valence-electron chi connectivity index (χ0n) is 18.2. The molecule has 3 aromatic rings. The first-order chi connectivity index (χ1) is 15.6. The van der Waals surface area contributed by atoms with E-state index in [-0.39, 0.29) is 5.91 Å². The number of carbonyl (C=O) groups excluding carboxylic acids is 1. The van der Waals surface area contributed by atoms with E-state index in [9.17, 15) is 10.1 Å². The molecule has 8 heteroatoms. The average Bonchev–Trinajstić information content (AvgIpc) is 3.47. The number of anilines is 3. The highest BCUT2D eigenvalue weighted by atomic mass is 32.1. The molecule has 32 heavy (non-hydrogen) atoms. The lowest BCUT2D eigenvalue weighted by Gasteiger charge is -2.35. The molecule has 1 saturated carbocycles. The summed E-state index contributed by atoms with van der Waals surface area (Å²) in [4.78, 5) is 25.6. The summed E-state index contributed by atoms with van der Waals surface area (Å²) in [6.45, 7) is 4.74. The largest absolute Gasteiger partial charge is 0.367 e. The molecule has 1 N–H and O–H groups in total. The molecular formula is C24H26N6OS. The molecule has 0 spiro atoms. The lowest BCUT2D eigenvalue weighted by atomic mass is 9.95. The lowest BCUT2D eigenvalue weighted by Crippen LogP contribution is -2.48. The van der Waals surface area contributed by atoms with Crippen molar-refractivity contribution in [2.45, 2.75) is 38.5 Å². The molecule has 1 amide bonds. The fourth-order valence-electron chi connectivity index (χ4n) is 4.85. The van der Waals surface area contributed by atoms with E-state index >= 15 is 0 Å². The maximum atomic E-state index is 11.5. The normalized spacial score (nSPS) is 17.0. The van der Waals surface area contributed by atoms with Gasteiger partial charge >= 0.3 is 0 Å². The first-order valence-corrected chi connectivity index (χ1v) is 12.0. The number of hydrogen-bond donors (Lipinski definition) is 1. The van der Waals surface area contributed by atoms with Gasteiger partial charge in [-0.1, -0.05) is 12.8 Å². The fraction of sp³-hybridized carbons (Fsp3) is 0.417. The number of nitrogens with zero attached hydrogens (tertiary/aromatic N) is 5. The second-order valence-corrected chi connectivity index (χ2v) is 9.58. The summed E-state index contributed by atoms with van der Waals surface area (Å²) in [6.07, 6.45) is 8.54. The predicted molar refractivity (Wildman–Crippen MR) is 128 cm³/mol. The van der Waals surface area contributed by atoms with E-state index in [0.717, 1.165) is 71.3 Å². The molecule has 1 aliphatic carbocycles. The van der Waals surface area contributed by atoms with Crippen molar-refractivity contribution in [2.75, 3.05) is 36.4 Å². The van der Waals surface area contributed by atoms with Crippen LogP contribution < -0.4 is 10.2 Å². The van der Waals surface area contributed by atoms with Crippen molar-refractivity contribution in [1.82, 2.24) is 14.9 Å². The van der Waals surface area contributed by atoms with E-state index < -0.39 is 0 Å².